The highest BCUT2D eigenvalue weighted by Gasteiger charge is 2.37. The fourth-order valence-electron chi connectivity index (χ4n) is 3.48. The first-order valence-electron chi connectivity index (χ1n) is 6.61. The molecule has 0 aliphatic heterocycles. The lowest BCUT2D eigenvalue weighted by Gasteiger charge is -2.38. The Labute approximate surface area is 93.5 Å². The van der Waals surface area contributed by atoms with Crippen molar-refractivity contribution in [1.29, 1.82) is 0 Å². The molecule has 0 bridgehead atoms. The number of rotatable bonds is 3. The Morgan fingerprint density at radius 1 is 1.20 bits per heavy atom. The van der Waals surface area contributed by atoms with Gasteiger partial charge in [-0.2, -0.15) is 0 Å². The maximum Gasteiger partial charge on any atom is 0.0582 e. The topological polar surface area (TPSA) is 32.3 Å². The van der Waals surface area contributed by atoms with Gasteiger partial charge < -0.3 is 10.4 Å². The molecule has 2 saturated carbocycles. The van der Waals surface area contributed by atoms with Crippen LogP contribution in [-0.2, 0) is 0 Å². The predicted molar refractivity (Wildman–Crippen MR) is 62.8 cm³/mol. The fraction of sp³-hybridized carbons (Fsp3) is 1.00. The van der Waals surface area contributed by atoms with Crippen LogP contribution in [0, 0.1) is 5.41 Å². The molecule has 2 aliphatic carbocycles. The van der Waals surface area contributed by atoms with Crippen LogP contribution in [-0.4, -0.2) is 23.8 Å². The number of hydrogen-bond acceptors (Lipinski definition) is 2. The lowest BCUT2D eigenvalue weighted by molar-refractivity contribution is 0.153. The van der Waals surface area contributed by atoms with Crippen molar-refractivity contribution in [2.75, 3.05) is 6.61 Å². The molecule has 1 unspecified atom stereocenters. The van der Waals surface area contributed by atoms with Crippen LogP contribution in [0.15, 0.2) is 0 Å². The third kappa shape index (κ3) is 2.73. The molecule has 1 spiro atoms. The van der Waals surface area contributed by atoms with Crippen LogP contribution in [0.3, 0.4) is 0 Å². The Bertz CT molecular complexity index is 189. The molecular weight excluding hydrogens is 186 g/mol. The lowest BCUT2D eigenvalue weighted by atomic mass is 9.71. The van der Waals surface area contributed by atoms with Crippen molar-refractivity contribution in [3.8, 4) is 0 Å². The number of hydrogen-bond donors (Lipinski definition) is 2. The molecule has 88 valence electrons. The quantitative estimate of drug-likeness (QED) is 0.751. The third-order valence-corrected chi connectivity index (χ3v) is 4.50. The molecule has 2 nitrogen and oxygen atoms in total. The van der Waals surface area contributed by atoms with Gasteiger partial charge in [-0.1, -0.05) is 12.8 Å². The average molecular weight is 211 g/mol. The van der Waals surface area contributed by atoms with E-state index >= 15 is 0 Å². The van der Waals surface area contributed by atoms with Gasteiger partial charge in [-0.15, -0.1) is 0 Å². The second-order valence-electron chi connectivity index (χ2n) is 5.73. The third-order valence-electron chi connectivity index (χ3n) is 4.50. The van der Waals surface area contributed by atoms with E-state index in [1.807, 2.05) is 0 Å². The smallest absolute Gasteiger partial charge is 0.0582 e. The van der Waals surface area contributed by atoms with Crippen LogP contribution in [0.5, 0.6) is 0 Å². The van der Waals surface area contributed by atoms with Gasteiger partial charge in [-0.05, 0) is 50.9 Å². The van der Waals surface area contributed by atoms with Crippen molar-refractivity contribution < 1.29 is 5.11 Å². The standard InChI is InChI=1S/C13H25NO/c1-11(10-15)14-12-4-8-13(9-5-12)6-2-3-7-13/h11-12,14-15H,2-10H2,1H3. The molecule has 1 atom stereocenters. The summed E-state index contributed by atoms with van der Waals surface area (Å²) in [7, 11) is 0. The Morgan fingerprint density at radius 2 is 1.80 bits per heavy atom. The molecule has 0 aromatic rings. The highest BCUT2D eigenvalue weighted by molar-refractivity contribution is 4.91. The van der Waals surface area contributed by atoms with Gasteiger partial charge in [0.1, 0.15) is 0 Å². The van der Waals surface area contributed by atoms with Gasteiger partial charge in [0.15, 0.2) is 0 Å². The fourth-order valence-corrected chi connectivity index (χ4v) is 3.48. The van der Waals surface area contributed by atoms with Gasteiger partial charge in [0.05, 0.1) is 6.61 Å². The monoisotopic (exact) mass is 211 g/mol. The summed E-state index contributed by atoms with van der Waals surface area (Å²) in [6, 6.07) is 0.936. The maximum atomic E-state index is 9.01. The van der Waals surface area contributed by atoms with E-state index in [9.17, 15) is 0 Å². The molecular formula is C13H25NO. The summed E-state index contributed by atoms with van der Waals surface area (Å²) in [6.07, 6.45) is 11.4. The van der Waals surface area contributed by atoms with E-state index in [0.717, 1.165) is 5.41 Å². The summed E-state index contributed by atoms with van der Waals surface area (Å²) >= 11 is 0. The molecule has 2 N–H and O–H groups in total. The van der Waals surface area contributed by atoms with Crippen LogP contribution < -0.4 is 5.32 Å². The van der Waals surface area contributed by atoms with E-state index in [4.69, 9.17) is 5.11 Å². The number of aliphatic hydroxyl groups excluding tert-OH is 1. The summed E-state index contributed by atoms with van der Waals surface area (Å²) in [5, 5.41) is 12.5. The van der Waals surface area contributed by atoms with Crippen molar-refractivity contribution in [3.05, 3.63) is 0 Å². The van der Waals surface area contributed by atoms with Crippen LogP contribution in [0.4, 0.5) is 0 Å². The van der Waals surface area contributed by atoms with E-state index in [1.54, 1.807) is 0 Å². The minimum atomic E-state index is 0.266. The van der Waals surface area contributed by atoms with E-state index in [0.29, 0.717) is 6.04 Å². The summed E-state index contributed by atoms with van der Waals surface area (Å²) in [5.74, 6) is 0. The second kappa shape index (κ2) is 4.84. The largest absolute Gasteiger partial charge is 0.395 e. The molecule has 0 radical (unpaired) electrons. The molecule has 2 heteroatoms. The van der Waals surface area contributed by atoms with Crippen LogP contribution >= 0.6 is 0 Å². The van der Waals surface area contributed by atoms with E-state index in [1.165, 1.54) is 51.4 Å². The van der Waals surface area contributed by atoms with Gasteiger partial charge in [-0.3, -0.25) is 0 Å². The molecule has 2 aliphatic rings. The van der Waals surface area contributed by atoms with Gasteiger partial charge >= 0.3 is 0 Å². The Kier molecular flexibility index (Phi) is 3.68. The second-order valence-corrected chi connectivity index (χ2v) is 5.73. The number of nitrogens with one attached hydrogen (secondary N) is 1. The Balaban J connectivity index is 1.76. The van der Waals surface area contributed by atoms with E-state index < -0.39 is 0 Å². The summed E-state index contributed by atoms with van der Waals surface area (Å²) in [5.41, 5.74) is 0.737. The highest BCUT2D eigenvalue weighted by atomic mass is 16.3. The zero-order valence-corrected chi connectivity index (χ0v) is 9.97. The van der Waals surface area contributed by atoms with Gasteiger partial charge in [0.25, 0.3) is 0 Å². The highest BCUT2D eigenvalue weighted by Crippen LogP contribution is 2.48. The molecule has 0 saturated heterocycles. The van der Waals surface area contributed by atoms with Gasteiger partial charge in [-0.25, -0.2) is 0 Å². The van der Waals surface area contributed by atoms with Crippen molar-refractivity contribution in [2.45, 2.75) is 70.4 Å². The normalized spacial score (nSPS) is 28.4. The summed E-state index contributed by atoms with van der Waals surface area (Å²) < 4.78 is 0. The first-order chi connectivity index (χ1) is 7.24. The maximum absolute atomic E-state index is 9.01. The molecule has 0 aromatic carbocycles. The minimum absolute atomic E-state index is 0.266. The Hall–Kier alpha value is -0.0800. The van der Waals surface area contributed by atoms with Gasteiger partial charge in [0, 0.05) is 12.1 Å². The molecule has 2 fully saturated rings. The van der Waals surface area contributed by atoms with E-state index in [-0.39, 0.29) is 12.6 Å². The van der Waals surface area contributed by atoms with Crippen LogP contribution in [0.25, 0.3) is 0 Å². The minimum Gasteiger partial charge on any atom is -0.395 e. The molecule has 2 rings (SSSR count). The first-order valence-corrected chi connectivity index (χ1v) is 6.61. The molecule has 0 heterocycles. The van der Waals surface area contributed by atoms with Crippen molar-refractivity contribution >= 4 is 0 Å². The van der Waals surface area contributed by atoms with Crippen molar-refractivity contribution in [2.24, 2.45) is 5.41 Å². The molecule has 15 heavy (non-hydrogen) atoms. The number of aliphatic hydroxyl groups is 1. The average Bonchev–Trinajstić information content (AvgIpc) is 2.70. The molecule has 0 aromatic heterocycles. The summed E-state index contributed by atoms with van der Waals surface area (Å²) in [4.78, 5) is 0. The van der Waals surface area contributed by atoms with Gasteiger partial charge in [0.2, 0.25) is 0 Å². The lowest BCUT2D eigenvalue weighted by Crippen LogP contribution is -2.42. The van der Waals surface area contributed by atoms with Crippen molar-refractivity contribution in [3.63, 3.8) is 0 Å². The van der Waals surface area contributed by atoms with Crippen LogP contribution in [0.1, 0.15) is 58.3 Å². The first kappa shape index (κ1) is 11.4. The predicted octanol–water partition coefficient (Wildman–Crippen LogP) is 2.46. The zero-order valence-electron chi connectivity index (χ0n) is 9.97. The van der Waals surface area contributed by atoms with Crippen molar-refractivity contribution in [1.82, 2.24) is 5.32 Å². The zero-order chi connectivity index (χ0) is 10.7. The van der Waals surface area contributed by atoms with Crippen LogP contribution in [0.2, 0.25) is 0 Å². The Morgan fingerprint density at radius 3 is 2.33 bits per heavy atom. The summed E-state index contributed by atoms with van der Waals surface area (Å²) in [6.45, 7) is 2.33. The molecule has 0 amide bonds. The SMILES string of the molecule is CC(CO)NC1CCC2(CCCC2)CC1. The van der Waals surface area contributed by atoms with E-state index in [2.05, 4.69) is 12.2 Å².